The normalized spacial score (nSPS) is 10.6. The zero-order chi connectivity index (χ0) is 20.3. The van der Waals surface area contributed by atoms with Gasteiger partial charge in [0.2, 0.25) is 0 Å². The summed E-state index contributed by atoms with van der Waals surface area (Å²) in [6.07, 6.45) is 0. The van der Waals surface area contributed by atoms with Crippen LogP contribution in [0.25, 0.3) is 0 Å². The van der Waals surface area contributed by atoms with Crippen molar-refractivity contribution in [1.82, 2.24) is 9.78 Å². The summed E-state index contributed by atoms with van der Waals surface area (Å²) < 4.78 is 7.23. The molecule has 0 aliphatic heterocycles. The molecule has 0 saturated carbocycles. The molecule has 0 saturated heterocycles. The van der Waals surface area contributed by atoms with Crippen LogP contribution in [0, 0.1) is 13.8 Å². The van der Waals surface area contributed by atoms with Crippen LogP contribution in [0.4, 0.5) is 11.4 Å². The number of aromatic nitrogens is 2. The Hall–Kier alpha value is -2.28. The molecule has 0 aliphatic rings. The number of ether oxygens (including phenoxy) is 1. The van der Waals surface area contributed by atoms with Crippen molar-refractivity contribution in [1.29, 1.82) is 0 Å². The summed E-state index contributed by atoms with van der Waals surface area (Å²) in [6.45, 7) is 4.57. The third-order valence-electron chi connectivity index (χ3n) is 4.27. The Bertz CT molecular complexity index is 1020. The average molecular weight is 435 g/mol. The number of methoxy groups -OCH3 is 1. The van der Waals surface area contributed by atoms with Gasteiger partial charge in [0.25, 0.3) is 0 Å². The summed E-state index contributed by atoms with van der Waals surface area (Å²) >= 11 is 17.6. The molecule has 0 amide bonds. The maximum absolute atomic E-state index is 6.20. The maximum Gasteiger partial charge on any atom is 0.175 e. The molecule has 3 aromatic rings. The van der Waals surface area contributed by atoms with Gasteiger partial charge >= 0.3 is 0 Å². The van der Waals surface area contributed by atoms with Gasteiger partial charge in [-0.3, -0.25) is 4.68 Å². The Morgan fingerprint density at radius 3 is 2.64 bits per heavy atom. The number of benzene rings is 2. The van der Waals surface area contributed by atoms with E-state index in [1.165, 1.54) is 0 Å². The lowest BCUT2D eigenvalue weighted by molar-refractivity contribution is 0.414. The molecule has 0 spiro atoms. The minimum absolute atomic E-state index is 0.427. The van der Waals surface area contributed by atoms with Crippen molar-refractivity contribution in [3.63, 3.8) is 0 Å². The van der Waals surface area contributed by atoms with Gasteiger partial charge in [-0.2, -0.15) is 5.10 Å². The Kier molecular flexibility index (Phi) is 6.44. The Labute approximate surface area is 179 Å². The molecule has 1 heterocycles. The first-order valence-corrected chi connectivity index (χ1v) is 9.74. The van der Waals surface area contributed by atoms with E-state index in [-0.39, 0.29) is 0 Å². The number of halogens is 2. The molecule has 3 rings (SSSR count). The van der Waals surface area contributed by atoms with E-state index in [4.69, 9.17) is 40.2 Å². The summed E-state index contributed by atoms with van der Waals surface area (Å²) in [5.74, 6) is 0.822. The molecule has 146 valence electrons. The largest absolute Gasteiger partial charge is 0.497 e. The van der Waals surface area contributed by atoms with E-state index < -0.39 is 0 Å². The zero-order valence-electron chi connectivity index (χ0n) is 15.7. The molecule has 0 radical (unpaired) electrons. The van der Waals surface area contributed by atoms with Crippen molar-refractivity contribution in [3.8, 4) is 5.75 Å². The fourth-order valence-corrected chi connectivity index (χ4v) is 3.50. The minimum atomic E-state index is 0.427. The average Bonchev–Trinajstić information content (AvgIpc) is 2.91. The van der Waals surface area contributed by atoms with Crippen LogP contribution in [0.5, 0.6) is 5.75 Å². The van der Waals surface area contributed by atoms with Gasteiger partial charge in [-0.25, -0.2) is 0 Å². The van der Waals surface area contributed by atoms with Crippen LogP contribution in [0.3, 0.4) is 0 Å². The molecular formula is C20H20Cl2N4OS. The lowest BCUT2D eigenvalue weighted by atomic mass is 10.2. The van der Waals surface area contributed by atoms with Crippen LogP contribution in [-0.2, 0) is 6.54 Å². The quantitative estimate of drug-likeness (QED) is 0.506. The minimum Gasteiger partial charge on any atom is -0.497 e. The number of hydrogen-bond acceptors (Lipinski definition) is 3. The third kappa shape index (κ3) is 4.76. The van der Waals surface area contributed by atoms with Crippen molar-refractivity contribution in [2.45, 2.75) is 20.4 Å². The van der Waals surface area contributed by atoms with Crippen LogP contribution in [0.1, 0.15) is 17.0 Å². The van der Waals surface area contributed by atoms with Gasteiger partial charge in [-0.05, 0) is 62.0 Å². The Morgan fingerprint density at radius 1 is 1.14 bits per heavy atom. The molecule has 5 nitrogen and oxygen atoms in total. The maximum atomic E-state index is 6.20. The van der Waals surface area contributed by atoms with E-state index in [2.05, 4.69) is 15.7 Å². The van der Waals surface area contributed by atoms with Crippen LogP contribution < -0.4 is 15.4 Å². The van der Waals surface area contributed by atoms with Gasteiger partial charge in [0.15, 0.2) is 5.11 Å². The van der Waals surface area contributed by atoms with Crippen LogP contribution >= 0.6 is 35.4 Å². The standard InChI is InChI=1S/C20H20Cl2N4OS/c1-12-19(24-20(28)23-18-8-7-15(21)10-17(18)22)13(2)26(25-12)11-14-5-4-6-16(9-14)27-3/h4-10H,11H2,1-3H3,(H2,23,24,28). The predicted octanol–water partition coefficient (Wildman–Crippen LogP) is 5.67. The van der Waals surface area contributed by atoms with Crippen molar-refractivity contribution < 1.29 is 4.74 Å². The van der Waals surface area contributed by atoms with Gasteiger partial charge in [0, 0.05) is 5.02 Å². The second-order valence-electron chi connectivity index (χ2n) is 6.26. The molecule has 2 aromatic carbocycles. The number of hydrogen-bond donors (Lipinski definition) is 2. The number of thiocarbonyl (C=S) groups is 1. The topological polar surface area (TPSA) is 51.1 Å². The summed E-state index contributed by atoms with van der Waals surface area (Å²) in [4.78, 5) is 0. The number of nitrogens with zero attached hydrogens (tertiary/aromatic N) is 2. The Balaban J connectivity index is 1.74. The molecule has 0 bridgehead atoms. The van der Waals surface area contributed by atoms with Crippen molar-refractivity contribution in [2.24, 2.45) is 0 Å². The van der Waals surface area contributed by atoms with Crippen LogP contribution in [0.15, 0.2) is 42.5 Å². The van der Waals surface area contributed by atoms with Crippen molar-refractivity contribution in [2.75, 3.05) is 17.7 Å². The van der Waals surface area contributed by atoms with Crippen LogP contribution in [-0.4, -0.2) is 22.0 Å². The number of rotatable bonds is 5. The molecule has 8 heteroatoms. The molecule has 2 N–H and O–H groups in total. The molecule has 0 fully saturated rings. The van der Waals surface area contributed by atoms with Crippen molar-refractivity contribution >= 4 is 51.9 Å². The molecule has 28 heavy (non-hydrogen) atoms. The van der Waals surface area contributed by atoms with Gasteiger partial charge in [0.05, 0.1) is 41.4 Å². The highest BCUT2D eigenvalue weighted by Crippen LogP contribution is 2.26. The van der Waals surface area contributed by atoms with Gasteiger partial charge in [-0.15, -0.1) is 0 Å². The molecule has 1 aromatic heterocycles. The number of anilines is 2. The monoisotopic (exact) mass is 434 g/mol. The van der Waals surface area contributed by atoms with Crippen LogP contribution in [0.2, 0.25) is 10.0 Å². The predicted molar refractivity (Wildman–Crippen MR) is 120 cm³/mol. The highest BCUT2D eigenvalue weighted by molar-refractivity contribution is 7.80. The molecule has 0 atom stereocenters. The van der Waals surface area contributed by atoms with Gasteiger partial charge in [0.1, 0.15) is 5.75 Å². The fraction of sp³-hybridized carbons (Fsp3) is 0.200. The molecule has 0 aliphatic carbocycles. The second-order valence-corrected chi connectivity index (χ2v) is 7.51. The molecular weight excluding hydrogens is 415 g/mol. The fourth-order valence-electron chi connectivity index (χ4n) is 2.83. The van der Waals surface area contributed by atoms with E-state index in [0.29, 0.717) is 27.4 Å². The second kappa shape index (κ2) is 8.82. The Morgan fingerprint density at radius 2 is 1.93 bits per heavy atom. The van der Waals surface area contributed by atoms with E-state index in [1.807, 2.05) is 42.8 Å². The first-order chi connectivity index (χ1) is 13.4. The third-order valence-corrected chi connectivity index (χ3v) is 5.02. The summed E-state index contributed by atoms with van der Waals surface area (Å²) in [5, 5.41) is 12.4. The van der Waals surface area contributed by atoms with Crippen molar-refractivity contribution in [3.05, 3.63) is 69.5 Å². The highest BCUT2D eigenvalue weighted by atomic mass is 35.5. The lowest BCUT2D eigenvalue weighted by Crippen LogP contribution is -2.20. The number of aryl methyl sites for hydroxylation is 1. The highest BCUT2D eigenvalue weighted by Gasteiger charge is 2.14. The van der Waals surface area contributed by atoms with E-state index in [1.54, 1.807) is 25.3 Å². The van der Waals surface area contributed by atoms with E-state index in [0.717, 1.165) is 28.4 Å². The first-order valence-electron chi connectivity index (χ1n) is 8.57. The SMILES string of the molecule is COc1cccc(Cn2nc(C)c(NC(=S)Nc3ccc(Cl)cc3Cl)c2C)c1. The lowest BCUT2D eigenvalue weighted by Gasteiger charge is -2.12. The molecule has 0 unspecified atom stereocenters. The van der Waals surface area contributed by atoms with E-state index >= 15 is 0 Å². The summed E-state index contributed by atoms with van der Waals surface area (Å²) in [5.41, 5.74) is 4.48. The van der Waals surface area contributed by atoms with E-state index in [9.17, 15) is 0 Å². The number of nitrogens with one attached hydrogen (secondary N) is 2. The van der Waals surface area contributed by atoms with Gasteiger partial charge < -0.3 is 15.4 Å². The van der Waals surface area contributed by atoms with Gasteiger partial charge in [-0.1, -0.05) is 35.3 Å². The zero-order valence-corrected chi connectivity index (χ0v) is 18.0. The summed E-state index contributed by atoms with van der Waals surface area (Å²) in [6, 6.07) is 13.1. The smallest absolute Gasteiger partial charge is 0.175 e. The first kappa shape index (κ1) is 20.5. The summed E-state index contributed by atoms with van der Waals surface area (Å²) in [7, 11) is 1.66.